The number of carbonyl (C=O) groups excluding carboxylic acids is 2. The zero-order chi connectivity index (χ0) is 26.7. The summed E-state index contributed by atoms with van der Waals surface area (Å²) in [4.78, 5) is 27.1. The van der Waals surface area contributed by atoms with Gasteiger partial charge in [-0.05, 0) is 76.3 Å². The van der Waals surface area contributed by atoms with E-state index in [4.69, 9.17) is 21.1 Å². The van der Waals surface area contributed by atoms with Gasteiger partial charge in [-0.1, -0.05) is 30.7 Å². The van der Waals surface area contributed by atoms with Gasteiger partial charge >= 0.3 is 5.97 Å². The molecular formula is C28H29BrClNO5S. The fourth-order valence-corrected chi connectivity index (χ4v) is 6.02. The van der Waals surface area contributed by atoms with E-state index in [1.807, 2.05) is 31.2 Å². The van der Waals surface area contributed by atoms with E-state index in [0.29, 0.717) is 50.5 Å². The standard InChI is InChI=1S/C28H29BrClNO5S/c1-4-37-10-9-36-28(34)24-15(2)31-21-12-17(16-5-7-19(30)8-6-16)13-22(32)26(21)25(24)18-11-20(29)27(33)23(14-18)35-3/h5-8,11,14,17,25,31,33H,4,9-10,12-13H2,1-3H3. The molecule has 2 aromatic rings. The van der Waals surface area contributed by atoms with Gasteiger partial charge < -0.3 is 19.9 Å². The number of rotatable bonds is 8. The van der Waals surface area contributed by atoms with Crippen LogP contribution in [0.2, 0.25) is 5.02 Å². The van der Waals surface area contributed by atoms with Crippen LogP contribution in [0, 0.1) is 0 Å². The molecule has 196 valence electrons. The number of benzene rings is 2. The molecule has 0 saturated heterocycles. The fourth-order valence-electron chi connectivity index (χ4n) is 4.95. The number of ketones is 1. The van der Waals surface area contributed by atoms with Crippen LogP contribution in [0.1, 0.15) is 49.7 Å². The summed E-state index contributed by atoms with van der Waals surface area (Å²) in [6, 6.07) is 11.0. The second-order valence-corrected chi connectivity index (χ2v) is 11.6. The molecule has 1 heterocycles. The highest BCUT2D eigenvalue weighted by atomic mass is 79.9. The lowest BCUT2D eigenvalue weighted by Gasteiger charge is -2.37. The maximum atomic E-state index is 13.7. The van der Waals surface area contributed by atoms with Gasteiger partial charge in [0.25, 0.3) is 0 Å². The van der Waals surface area contributed by atoms with Gasteiger partial charge in [-0.15, -0.1) is 0 Å². The summed E-state index contributed by atoms with van der Waals surface area (Å²) in [5.41, 5.74) is 4.06. The third-order valence-electron chi connectivity index (χ3n) is 6.66. The Labute approximate surface area is 234 Å². The molecule has 0 spiro atoms. The topological polar surface area (TPSA) is 84.9 Å². The number of nitrogens with one attached hydrogen (secondary N) is 1. The largest absolute Gasteiger partial charge is 0.503 e. The Morgan fingerprint density at radius 1 is 1.22 bits per heavy atom. The number of Topliss-reactive ketones (excluding diaryl/α,β-unsaturated/α-hetero) is 1. The third kappa shape index (κ3) is 5.86. The lowest BCUT2D eigenvalue weighted by Crippen LogP contribution is -2.36. The van der Waals surface area contributed by atoms with Crippen LogP contribution in [-0.2, 0) is 14.3 Å². The molecule has 2 aliphatic rings. The number of esters is 1. The van der Waals surface area contributed by atoms with Gasteiger partial charge in [0.15, 0.2) is 17.3 Å². The maximum absolute atomic E-state index is 13.7. The van der Waals surface area contributed by atoms with Gasteiger partial charge in [-0.2, -0.15) is 11.8 Å². The molecule has 37 heavy (non-hydrogen) atoms. The van der Waals surface area contributed by atoms with Crippen LogP contribution < -0.4 is 10.1 Å². The summed E-state index contributed by atoms with van der Waals surface area (Å²) in [7, 11) is 1.46. The highest BCUT2D eigenvalue weighted by Crippen LogP contribution is 2.48. The Morgan fingerprint density at radius 3 is 2.62 bits per heavy atom. The van der Waals surface area contributed by atoms with Crippen molar-refractivity contribution in [2.75, 3.05) is 25.2 Å². The van der Waals surface area contributed by atoms with Crippen LogP contribution >= 0.6 is 39.3 Å². The van der Waals surface area contributed by atoms with Crippen molar-refractivity contribution in [1.29, 1.82) is 0 Å². The molecule has 6 nitrogen and oxygen atoms in total. The van der Waals surface area contributed by atoms with Crippen molar-refractivity contribution in [3.63, 3.8) is 0 Å². The van der Waals surface area contributed by atoms with E-state index in [1.54, 1.807) is 23.9 Å². The average Bonchev–Trinajstić information content (AvgIpc) is 2.87. The number of phenols is 1. The third-order valence-corrected chi connectivity index (χ3v) is 8.38. The SMILES string of the molecule is CCSCCOC(=O)C1=C(C)NC2=C(C(=O)CC(c3ccc(Cl)cc3)C2)C1c1cc(Br)c(O)c(OC)c1. The molecule has 2 atom stereocenters. The molecule has 4 rings (SSSR count). The van der Waals surface area contributed by atoms with Gasteiger partial charge in [0.05, 0.1) is 17.2 Å². The van der Waals surface area contributed by atoms with Crippen molar-refractivity contribution in [3.8, 4) is 11.5 Å². The predicted octanol–water partition coefficient (Wildman–Crippen LogP) is 6.47. The van der Waals surface area contributed by atoms with Crippen LogP contribution in [0.25, 0.3) is 0 Å². The van der Waals surface area contributed by atoms with E-state index in [1.165, 1.54) is 7.11 Å². The number of aromatic hydroxyl groups is 1. The smallest absolute Gasteiger partial charge is 0.336 e. The minimum Gasteiger partial charge on any atom is -0.503 e. The van der Waals surface area contributed by atoms with Crippen LogP contribution in [0.15, 0.2) is 63.4 Å². The maximum Gasteiger partial charge on any atom is 0.336 e. The summed E-state index contributed by atoms with van der Waals surface area (Å²) in [6.07, 6.45) is 0.923. The van der Waals surface area contributed by atoms with E-state index in [0.717, 1.165) is 17.0 Å². The summed E-state index contributed by atoms with van der Waals surface area (Å²) in [5.74, 6) is 0.656. The Bertz CT molecular complexity index is 1270. The number of phenolic OH excluding ortho intramolecular Hbond substituents is 1. The van der Waals surface area contributed by atoms with Crippen LogP contribution in [0.5, 0.6) is 11.5 Å². The predicted molar refractivity (Wildman–Crippen MR) is 150 cm³/mol. The Hall–Kier alpha value is -2.42. The summed E-state index contributed by atoms with van der Waals surface area (Å²) < 4.78 is 11.4. The summed E-state index contributed by atoms with van der Waals surface area (Å²) in [5, 5.41) is 14.4. The molecule has 9 heteroatoms. The second-order valence-electron chi connectivity index (χ2n) is 8.96. The minimum atomic E-state index is -0.660. The van der Waals surface area contributed by atoms with E-state index >= 15 is 0 Å². The number of dihydropyridines is 1. The van der Waals surface area contributed by atoms with E-state index in [-0.39, 0.29) is 29.8 Å². The normalized spacial score (nSPS) is 19.4. The van der Waals surface area contributed by atoms with Crippen molar-refractivity contribution in [2.45, 2.75) is 38.5 Å². The molecule has 0 amide bonds. The minimum absolute atomic E-state index is 0.00914. The van der Waals surface area contributed by atoms with Crippen molar-refractivity contribution in [3.05, 3.63) is 79.6 Å². The van der Waals surface area contributed by atoms with Gasteiger partial charge in [0, 0.05) is 40.1 Å². The average molecular weight is 607 g/mol. The molecular weight excluding hydrogens is 578 g/mol. The van der Waals surface area contributed by atoms with Crippen LogP contribution in [-0.4, -0.2) is 42.1 Å². The van der Waals surface area contributed by atoms with Gasteiger partial charge in [0.2, 0.25) is 0 Å². The molecule has 1 aliphatic carbocycles. The molecule has 0 bridgehead atoms. The number of carbonyl (C=O) groups is 2. The highest BCUT2D eigenvalue weighted by molar-refractivity contribution is 9.10. The number of halogens is 2. The second kappa shape index (κ2) is 12.0. The van der Waals surface area contributed by atoms with E-state index in [9.17, 15) is 14.7 Å². The Balaban J connectivity index is 1.78. The number of hydrogen-bond acceptors (Lipinski definition) is 7. The number of methoxy groups -OCH3 is 1. The number of hydrogen-bond donors (Lipinski definition) is 2. The van der Waals surface area contributed by atoms with Crippen molar-refractivity contribution in [2.24, 2.45) is 0 Å². The van der Waals surface area contributed by atoms with Crippen LogP contribution in [0.3, 0.4) is 0 Å². The van der Waals surface area contributed by atoms with Crippen molar-refractivity contribution >= 4 is 51.0 Å². The van der Waals surface area contributed by atoms with Gasteiger partial charge in [-0.3, -0.25) is 4.79 Å². The first-order valence-corrected chi connectivity index (χ1v) is 14.4. The first-order chi connectivity index (χ1) is 17.7. The summed E-state index contributed by atoms with van der Waals surface area (Å²) >= 11 is 11.2. The quantitative estimate of drug-likeness (QED) is 0.263. The lowest BCUT2D eigenvalue weighted by molar-refractivity contribution is -0.138. The van der Waals surface area contributed by atoms with Crippen molar-refractivity contribution in [1.82, 2.24) is 5.32 Å². The summed E-state index contributed by atoms with van der Waals surface area (Å²) in [6.45, 7) is 4.16. The monoisotopic (exact) mass is 605 g/mol. The molecule has 2 N–H and O–H groups in total. The zero-order valence-corrected chi connectivity index (χ0v) is 24.1. The molecule has 0 saturated carbocycles. The fraction of sp³-hybridized carbons (Fsp3) is 0.357. The molecule has 0 radical (unpaired) electrons. The van der Waals surface area contributed by atoms with Gasteiger partial charge in [0.1, 0.15) is 6.61 Å². The van der Waals surface area contributed by atoms with E-state index < -0.39 is 11.9 Å². The van der Waals surface area contributed by atoms with Gasteiger partial charge in [-0.25, -0.2) is 4.79 Å². The number of allylic oxidation sites excluding steroid dienone is 3. The van der Waals surface area contributed by atoms with E-state index in [2.05, 4.69) is 28.2 Å². The zero-order valence-electron chi connectivity index (χ0n) is 20.9. The number of ether oxygens (including phenoxy) is 2. The Morgan fingerprint density at radius 2 is 1.95 bits per heavy atom. The Kier molecular flexibility index (Phi) is 8.93. The lowest BCUT2D eigenvalue weighted by atomic mass is 9.71. The highest BCUT2D eigenvalue weighted by Gasteiger charge is 2.42. The molecule has 1 aliphatic heterocycles. The molecule has 0 fully saturated rings. The first-order valence-electron chi connectivity index (χ1n) is 12.1. The first kappa shape index (κ1) is 27.6. The van der Waals surface area contributed by atoms with Crippen molar-refractivity contribution < 1.29 is 24.2 Å². The molecule has 0 aromatic heterocycles. The molecule has 2 unspecified atom stereocenters. The number of thioether (sulfide) groups is 1. The molecule has 2 aromatic carbocycles. The van der Waals surface area contributed by atoms with Crippen LogP contribution in [0.4, 0.5) is 0 Å².